The van der Waals surface area contributed by atoms with Gasteiger partial charge in [-0.3, -0.25) is 4.90 Å². The lowest BCUT2D eigenvalue weighted by molar-refractivity contribution is 0.0542. The van der Waals surface area contributed by atoms with Gasteiger partial charge in [-0.1, -0.05) is 58.5 Å². The summed E-state index contributed by atoms with van der Waals surface area (Å²) in [7, 11) is 0. The number of ether oxygens (including phenoxy) is 1. The van der Waals surface area contributed by atoms with Crippen LogP contribution in [0, 0.1) is 11.8 Å². The number of hydrogen-bond donors (Lipinski definition) is 0. The van der Waals surface area contributed by atoms with Crippen LogP contribution in [-0.2, 0) is 17.9 Å². The van der Waals surface area contributed by atoms with E-state index in [0.717, 1.165) is 62.0 Å². The van der Waals surface area contributed by atoms with Crippen LogP contribution in [0.2, 0.25) is 20.1 Å². The van der Waals surface area contributed by atoms with Crippen LogP contribution in [0.25, 0.3) is 0 Å². The minimum absolute atomic E-state index is 0.560. The van der Waals surface area contributed by atoms with E-state index in [0.29, 0.717) is 39.4 Å². The van der Waals surface area contributed by atoms with E-state index in [1.807, 2.05) is 30.3 Å². The lowest BCUT2D eigenvalue weighted by Gasteiger charge is -2.34. The Morgan fingerprint density at radius 2 is 1.70 bits per heavy atom. The average molecular weight is 598 g/mol. The summed E-state index contributed by atoms with van der Waals surface area (Å²) in [6, 6.07) is 13.9. The third kappa shape index (κ3) is 7.43. The molecule has 37 heavy (non-hydrogen) atoms. The first-order valence-corrected chi connectivity index (χ1v) is 15.3. The Kier molecular flexibility index (Phi) is 9.76. The highest BCUT2D eigenvalue weighted by molar-refractivity contribution is 7.08. The average Bonchev–Trinajstić information content (AvgIpc) is 3.54. The molecule has 8 heteroatoms. The molecule has 3 nitrogen and oxygen atoms in total. The molecule has 2 fully saturated rings. The number of benzene rings is 2. The Balaban J connectivity index is 1.12. The maximum Gasteiger partial charge on any atom is 0.0717 e. The molecule has 2 atom stereocenters. The van der Waals surface area contributed by atoms with Gasteiger partial charge < -0.3 is 9.64 Å². The van der Waals surface area contributed by atoms with Gasteiger partial charge >= 0.3 is 0 Å². The summed E-state index contributed by atoms with van der Waals surface area (Å²) in [5.41, 5.74) is 3.69. The van der Waals surface area contributed by atoms with Gasteiger partial charge in [0.25, 0.3) is 0 Å². The molecule has 0 aliphatic carbocycles. The van der Waals surface area contributed by atoms with E-state index in [1.54, 1.807) is 11.3 Å². The number of halogens is 4. The first-order valence-electron chi connectivity index (χ1n) is 12.9. The molecular weight excluding hydrogens is 566 g/mol. The summed E-state index contributed by atoms with van der Waals surface area (Å²) in [6.07, 6.45) is 2.36. The molecule has 2 unspecified atom stereocenters. The van der Waals surface area contributed by atoms with Crippen LogP contribution in [0.4, 0.5) is 0 Å². The molecule has 0 saturated carbocycles. The lowest BCUT2D eigenvalue weighted by Crippen LogP contribution is -2.39. The van der Waals surface area contributed by atoms with E-state index in [9.17, 15) is 0 Å². The van der Waals surface area contributed by atoms with Gasteiger partial charge in [0.15, 0.2) is 0 Å². The number of likely N-dealkylation sites (tertiary alicyclic amines) is 2. The molecular formula is C29H32Cl4N2OS. The molecule has 3 heterocycles. The van der Waals surface area contributed by atoms with Crippen molar-refractivity contribution in [2.24, 2.45) is 11.8 Å². The van der Waals surface area contributed by atoms with Crippen LogP contribution in [0.1, 0.15) is 35.4 Å². The van der Waals surface area contributed by atoms with Crippen molar-refractivity contribution in [3.8, 4) is 0 Å². The first-order chi connectivity index (χ1) is 17.9. The SMILES string of the molecule is Clc1ccc(CN2CC(CN3CCC(COCc4ccc(Cl)c(Cl)c4)CC3)C(c3ccsc3)C2)c(Cl)c1. The quantitative estimate of drug-likeness (QED) is 0.246. The Bertz CT molecular complexity index is 1170. The van der Waals surface area contributed by atoms with E-state index in [-0.39, 0.29) is 0 Å². The minimum Gasteiger partial charge on any atom is -0.376 e. The van der Waals surface area contributed by atoms with E-state index in [4.69, 9.17) is 51.1 Å². The van der Waals surface area contributed by atoms with Gasteiger partial charge in [0.05, 0.1) is 16.7 Å². The van der Waals surface area contributed by atoms with Gasteiger partial charge in [0.1, 0.15) is 0 Å². The Labute approximate surface area is 244 Å². The second-order valence-electron chi connectivity index (χ2n) is 10.4. The van der Waals surface area contributed by atoms with Crippen LogP contribution in [0.3, 0.4) is 0 Å². The van der Waals surface area contributed by atoms with Crippen molar-refractivity contribution in [3.63, 3.8) is 0 Å². The van der Waals surface area contributed by atoms with Crippen LogP contribution in [0.5, 0.6) is 0 Å². The molecule has 2 aromatic carbocycles. The first kappa shape index (κ1) is 27.7. The van der Waals surface area contributed by atoms with Gasteiger partial charge in [0.2, 0.25) is 0 Å². The van der Waals surface area contributed by atoms with Gasteiger partial charge in [-0.25, -0.2) is 0 Å². The van der Waals surface area contributed by atoms with Crippen molar-refractivity contribution in [1.29, 1.82) is 0 Å². The number of nitrogens with zero attached hydrogens (tertiary/aromatic N) is 2. The second-order valence-corrected chi connectivity index (χ2v) is 12.8. The number of piperidine rings is 1. The van der Waals surface area contributed by atoms with Crippen molar-refractivity contribution in [3.05, 3.63) is 90.0 Å². The summed E-state index contributed by atoms with van der Waals surface area (Å²) in [5, 5.41) is 7.14. The molecule has 0 radical (unpaired) electrons. The highest BCUT2D eigenvalue weighted by atomic mass is 35.5. The molecule has 198 valence electrons. The zero-order valence-corrected chi connectivity index (χ0v) is 24.6. The fourth-order valence-electron chi connectivity index (χ4n) is 5.67. The van der Waals surface area contributed by atoms with Gasteiger partial charge in [0, 0.05) is 48.7 Å². The van der Waals surface area contributed by atoms with Gasteiger partial charge in [-0.2, -0.15) is 11.3 Å². The molecule has 2 saturated heterocycles. The maximum absolute atomic E-state index is 6.49. The molecule has 0 spiro atoms. The monoisotopic (exact) mass is 596 g/mol. The highest BCUT2D eigenvalue weighted by Gasteiger charge is 2.36. The van der Waals surface area contributed by atoms with Gasteiger partial charge in [-0.05, 0) is 95.5 Å². The molecule has 0 bridgehead atoms. The van der Waals surface area contributed by atoms with E-state index >= 15 is 0 Å². The topological polar surface area (TPSA) is 15.7 Å². The Morgan fingerprint density at radius 1 is 0.865 bits per heavy atom. The van der Waals surface area contributed by atoms with Crippen molar-refractivity contribution < 1.29 is 4.74 Å². The van der Waals surface area contributed by atoms with Crippen LogP contribution < -0.4 is 0 Å². The highest BCUT2D eigenvalue weighted by Crippen LogP contribution is 2.36. The smallest absolute Gasteiger partial charge is 0.0717 e. The summed E-state index contributed by atoms with van der Waals surface area (Å²) in [6.45, 7) is 7.81. The van der Waals surface area contributed by atoms with Gasteiger partial charge in [-0.15, -0.1) is 0 Å². The number of thiophene rings is 1. The number of rotatable bonds is 9. The fourth-order valence-corrected chi connectivity index (χ4v) is 7.18. The predicted molar refractivity (Wildman–Crippen MR) is 158 cm³/mol. The zero-order valence-electron chi connectivity index (χ0n) is 20.7. The maximum atomic E-state index is 6.49. The molecule has 2 aliphatic heterocycles. The Morgan fingerprint density at radius 3 is 2.43 bits per heavy atom. The minimum atomic E-state index is 0.560. The van der Waals surface area contributed by atoms with E-state index in [2.05, 4.69) is 32.7 Å². The molecule has 1 aromatic heterocycles. The second kappa shape index (κ2) is 13.0. The van der Waals surface area contributed by atoms with Crippen molar-refractivity contribution in [2.45, 2.75) is 31.9 Å². The third-order valence-corrected chi connectivity index (χ3v) is 9.73. The van der Waals surface area contributed by atoms with Crippen molar-refractivity contribution >= 4 is 57.7 Å². The normalized spacial score (nSPS) is 21.6. The summed E-state index contributed by atoms with van der Waals surface area (Å²) >= 11 is 26.5. The number of hydrogen-bond acceptors (Lipinski definition) is 4. The van der Waals surface area contributed by atoms with Crippen LogP contribution in [-0.4, -0.2) is 49.1 Å². The fraction of sp³-hybridized carbons (Fsp3) is 0.448. The largest absolute Gasteiger partial charge is 0.376 e. The summed E-state index contributed by atoms with van der Waals surface area (Å²) in [4.78, 5) is 5.23. The van der Waals surface area contributed by atoms with Crippen molar-refractivity contribution in [1.82, 2.24) is 9.80 Å². The molecule has 0 amide bonds. The summed E-state index contributed by atoms with van der Waals surface area (Å²) < 4.78 is 6.03. The molecule has 2 aliphatic rings. The summed E-state index contributed by atoms with van der Waals surface area (Å²) in [5.74, 6) is 1.78. The van der Waals surface area contributed by atoms with E-state index < -0.39 is 0 Å². The van der Waals surface area contributed by atoms with Crippen molar-refractivity contribution in [2.75, 3.05) is 39.3 Å². The molecule has 3 aromatic rings. The zero-order chi connectivity index (χ0) is 25.8. The standard InChI is InChI=1S/C29H32Cl4N2OS/c30-25-3-2-22(28(32)12-25)13-35-15-24(26(16-35)23-7-10-37-19-23)14-34-8-5-20(6-9-34)17-36-18-21-1-4-27(31)29(33)11-21/h1-4,7,10-12,19-20,24,26H,5-6,8-9,13-18H2. The lowest BCUT2D eigenvalue weighted by atomic mass is 9.89. The Hall–Kier alpha value is -0.820. The molecule has 5 rings (SSSR count). The third-order valence-electron chi connectivity index (χ3n) is 7.70. The van der Waals surface area contributed by atoms with Crippen LogP contribution in [0.15, 0.2) is 53.2 Å². The van der Waals surface area contributed by atoms with E-state index in [1.165, 1.54) is 18.4 Å². The molecule has 0 N–H and O–H groups in total. The predicted octanol–water partition coefficient (Wildman–Crippen LogP) is 8.51. The van der Waals surface area contributed by atoms with Crippen LogP contribution >= 0.6 is 57.7 Å².